The second-order valence-electron chi connectivity index (χ2n) is 7.06. The van der Waals surface area contributed by atoms with Crippen molar-refractivity contribution >= 4 is 28.9 Å². The Morgan fingerprint density at radius 1 is 0.964 bits per heavy atom. The average molecular weight is 391 g/mol. The predicted molar refractivity (Wildman–Crippen MR) is 116 cm³/mol. The van der Waals surface area contributed by atoms with Crippen LogP contribution < -0.4 is 10.2 Å². The van der Waals surface area contributed by atoms with Gasteiger partial charge in [-0.1, -0.05) is 67.4 Å². The summed E-state index contributed by atoms with van der Waals surface area (Å²) in [6, 6.07) is 23.6. The highest BCUT2D eigenvalue weighted by atomic mass is 35.5. The normalized spacial score (nSPS) is 15.9. The van der Waals surface area contributed by atoms with Crippen LogP contribution in [0, 0.1) is 0 Å². The Morgan fingerprint density at radius 2 is 1.68 bits per heavy atom. The minimum absolute atomic E-state index is 0.0272. The molecule has 0 bridgehead atoms. The van der Waals surface area contributed by atoms with Gasteiger partial charge in [-0.05, 0) is 48.7 Å². The van der Waals surface area contributed by atoms with Gasteiger partial charge in [0.1, 0.15) is 6.17 Å². The van der Waals surface area contributed by atoms with Crippen molar-refractivity contribution in [2.45, 2.75) is 32.4 Å². The Hall–Kier alpha value is -2.78. The van der Waals surface area contributed by atoms with E-state index in [0.717, 1.165) is 23.4 Å². The zero-order valence-corrected chi connectivity index (χ0v) is 16.6. The molecule has 0 spiro atoms. The third-order valence-electron chi connectivity index (χ3n) is 5.16. The lowest BCUT2D eigenvalue weighted by Gasteiger charge is -2.38. The number of carbonyl (C=O) groups excluding carboxylic acids is 1. The Morgan fingerprint density at radius 3 is 2.43 bits per heavy atom. The summed E-state index contributed by atoms with van der Waals surface area (Å²) in [5, 5.41) is 4.14. The molecule has 1 heterocycles. The minimum atomic E-state index is -0.363. The van der Waals surface area contributed by atoms with Crippen LogP contribution in [0.2, 0.25) is 5.02 Å². The van der Waals surface area contributed by atoms with Gasteiger partial charge in [0.15, 0.2) is 0 Å². The number of carbonyl (C=O) groups is 1. The summed E-state index contributed by atoms with van der Waals surface area (Å²) in [6.07, 6.45) is 3.03. The Bertz CT molecular complexity index is 984. The Labute approximate surface area is 171 Å². The predicted octanol–water partition coefficient (Wildman–Crippen LogP) is 6.45. The molecule has 142 valence electrons. The van der Waals surface area contributed by atoms with Crippen LogP contribution in [0.25, 0.3) is 0 Å². The van der Waals surface area contributed by atoms with E-state index in [9.17, 15) is 4.79 Å². The molecule has 3 nitrogen and oxygen atoms in total. The van der Waals surface area contributed by atoms with E-state index in [1.165, 1.54) is 18.4 Å². The summed E-state index contributed by atoms with van der Waals surface area (Å²) in [7, 11) is 0. The second kappa shape index (κ2) is 8.07. The van der Waals surface area contributed by atoms with Crippen LogP contribution in [0.3, 0.4) is 0 Å². The highest BCUT2D eigenvalue weighted by molar-refractivity contribution is 6.31. The van der Waals surface area contributed by atoms with Crippen molar-refractivity contribution in [3.8, 4) is 0 Å². The number of halogens is 1. The SMILES string of the molecule is CCCCc1ccc(N2C(=O)c3ccccc3N[C@@H]2c2ccccc2Cl)cc1. The highest BCUT2D eigenvalue weighted by Gasteiger charge is 2.34. The van der Waals surface area contributed by atoms with Crippen molar-refractivity contribution in [1.29, 1.82) is 0 Å². The molecule has 0 aromatic heterocycles. The molecule has 28 heavy (non-hydrogen) atoms. The molecule has 0 radical (unpaired) electrons. The number of para-hydroxylation sites is 1. The maximum atomic E-state index is 13.4. The van der Waals surface area contributed by atoms with Crippen LogP contribution in [0.15, 0.2) is 72.8 Å². The molecule has 0 saturated heterocycles. The van der Waals surface area contributed by atoms with E-state index in [4.69, 9.17) is 11.6 Å². The molecule has 3 aromatic rings. The van der Waals surface area contributed by atoms with E-state index < -0.39 is 0 Å². The van der Waals surface area contributed by atoms with Gasteiger partial charge < -0.3 is 5.32 Å². The molecule has 1 amide bonds. The van der Waals surface area contributed by atoms with Crippen molar-refractivity contribution in [1.82, 2.24) is 0 Å². The number of hydrogen-bond donors (Lipinski definition) is 1. The maximum Gasteiger partial charge on any atom is 0.262 e. The zero-order valence-electron chi connectivity index (χ0n) is 15.9. The first-order valence-corrected chi connectivity index (χ1v) is 10.1. The molecule has 0 aliphatic carbocycles. The fraction of sp³-hybridized carbons (Fsp3) is 0.208. The number of rotatable bonds is 5. The second-order valence-corrected chi connectivity index (χ2v) is 7.47. The molecule has 1 N–H and O–H groups in total. The molecular formula is C24H23ClN2O. The fourth-order valence-corrected chi connectivity index (χ4v) is 3.88. The molecule has 4 heteroatoms. The summed E-state index contributed by atoms with van der Waals surface area (Å²) in [4.78, 5) is 15.2. The summed E-state index contributed by atoms with van der Waals surface area (Å²) >= 11 is 6.49. The molecule has 0 fully saturated rings. The van der Waals surface area contributed by atoms with E-state index in [1.54, 1.807) is 4.90 Å². The average Bonchev–Trinajstić information content (AvgIpc) is 2.73. The van der Waals surface area contributed by atoms with E-state index in [-0.39, 0.29) is 12.1 Å². The lowest BCUT2D eigenvalue weighted by atomic mass is 10.0. The summed E-state index contributed by atoms with van der Waals surface area (Å²) < 4.78 is 0. The van der Waals surface area contributed by atoms with E-state index in [0.29, 0.717) is 10.6 Å². The molecule has 4 rings (SSSR count). The molecule has 3 aromatic carbocycles. The van der Waals surface area contributed by atoms with Crippen molar-refractivity contribution in [2.24, 2.45) is 0 Å². The van der Waals surface area contributed by atoms with Gasteiger partial charge in [-0.25, -0.2) is 0 Å². The van der Waals surface area contributed by atoms with E-state index in [2.05, 4.69) is 24.4 Å². The minimum Gasteiger partial charge on any atom is -0.360 e. The van der Waals surface area contributed by atoms with Gasteiger partial charge in [-0.15, -0.1) is 0 Å². The van der Waals surface area contributed by atoms with Crippen LogP contribution >= 0.6 is 11.6 Å². The smallest absolute Gasteiger partial charge is 0.262 e. The largest absolute Gasteiger partial charge is 0.360 e. The Kier molecular flexibility index (Phi) is 5.36. The highest BCUT2D eigenvalue weighted by Crippen LogP contribution is 2.38. The number of benzene rings is 3. The third-order valence-corrected chi connectivity index (χ3v) is 5.50. The van der Waals surface area contributed by atoms with Crippen molar-refractivity contribution in [3.05, 3.63) is 94.5 Å². The number of hydrogen-bond acceptors (Lipinski definition) is 2. The molecule has 0 unspecified atom stereocenters. The fourth-order valence-electron chi connectivity index (χ4n) is 3.64. The number of aryl methyl sites for hydroxylation is 1. The standard InChI is InChI=1S/C24H23ClN2O/c1-2-3-8-17-13-15-18(16-14-17)27-23(19-9-4-6-11-21(19)25)26-22-12-7-5-10-20(22)24(27)28/h4-7,9-16,23,26H,2-3,8H2,1H3/t23-/m0/s1. The first-order valence-electron chi connectivity index (χ1n) is 9.71. The molecular weight excluding hydrogens is 368 g/mol. The number of nitrogens with zero attached hydrogens (tertiary/aromatic N) is 1. The summed E-state index contributed by atoms with van der Waals surface area (Å²) in [5.41, 5.74) is 4.52. The lowest BCUT2D eigenvalue weighted by Crippen LogP contribution is -2.43. The van der Waals surface area contributed by atoms with Crippen LogP contribution in [0.5, 0.6) is 0 Å². The van der Waals surface area contributed by atoms with Gasteiger partial charge in [-0.2, -0.15) is 0 Å². The number of unbranched alkanes of at least 4 members (excludes halogenated alkanes) is 1. The number of fused-ring (bicyclic) bond motifs is 1. The molecule has 1 aliphatic heterocycles. The first kappa shape index (κ1) is 18.6. The molecule has 1 aliphatic rings. The van der Waals surface area contributed by atoms with Crippen molar-refractivity contribution in [2.75, 3.05) is 10.2 Å². The van der Waals surface area contributed by atoms with Gasteiger partial charge in [0.25, 0.3) is 5.91 Å². The Balaban J connectivity index is 1.77. The third kappa shape index (κ3) is 3.50. The van der Waals surface area contributed by atoms with E-state index in [1.807, 2.05) is 60.7 Å². The van der Waals surface area contributed by atoms with Crippen LogP contribution in [-0.4, -0.2) is 5.91 Å². The molecule has 1 atom stereocenters. The van der Waals surface area contributed by atoms with Crippen LogP contribution in [0.1, 0.15) is 47.4 Å². The van der Waals surface area contributed by atoms with Gasteiger partial charge in [-0.3, -0.25) is 9.69 Å². The van der Waals surface area contributed by atoms with E-state index >= 15 is 0 Å². The summed E-state index contributed by atoms with van der Waals surface area (Å²) in [6.45, 7) is 2.19. The number of nitrogens with one attached hydrogen (secondary N) is 1. The number of amides is 1. The number of anilines is 2. The van der Waals surface area contributed by atoms with Gasteiger partial charge in [0.05, 0.1) is 5.56 Å². The van der Waals surface area contributed by atoms with Gasteiger partial charge in [0, 0.05) is 22.0 Å². The lowest BCUT2D eigenvalue weighted by molar-refractivity contribution is 0.0975. The van der Waals surface area contributed by atoms with Gasteiger partial charge >= 0.3 is 0 Å². The van der Waals surface area contributed by atoms with Crippen molar-refractivity contribution in [3.63, 3.8) is 0 Å². The van der Waals surface area contributed by atoms with Crippen LogP contribution in [-0.2, 0) is 6.42 Å². The molecule has 0 saturated carbocycles. The van der Waals surface area contributed by atoms with Crippen LogP contribution in [0.4, 0.5) is 11.4 Å². The van der Waals surface area contributed by atoms with Crippen molar-refractivity contribution < 1.29 is 4.79 Å². The quantitative estimate of drug-likeness (QED) is 0.542. The van der Waals surface area contributed by atoms with Gasteiger partial charge in [0.2, 0.25) is 0 Å². The summed E-state index contributed by atoms with van der Waals surface area (Å²) in [5.74, 6) is -0.0272. The topological polar surface area (TPSA) is 32.3 Å². The first-order chi connectivity index (χ1) is 13.7. The maximum absolute atomic E-state index is 13.4. The monoisotopic (exact) mass is 390 g/mol. The zero-order chi connectivity index (χ0) is 19.5.